The predicted octanol–water partition coefficient (Wildman–Crippen LogP) is 3.69. The van der Waals surface area contributed by atoms with Crippen LogP contribution in [-0.4, -0.2) is 42.8 Å². The Morgan fingerprint density at radius 1 is 1.07 bits per heavy atom. The van der Waals surface area contributed by atoms with Gasteiger partial charge in [-0.25, -0.2) is 0 Å². The molecule has 1 aromatic heterocycles. The van der Waals surface area contributed by atoms with Gasteiger partial charge < -0.3 is 14.2 Å². The molecule has 0 amide bonds. The van der Waals surface area contributed by atoms with Gasteiger partial charge in [0.15, 0.2) is 5.43 Å². The molecule has 146 valence electrons. The monoisotopic (exact) mass is 441 g/mol. The molecule has 0 radical (unpaired) electrons. The van der Waals surface area contributed by atoms with Gasteiger partial charge in [-0.15, -0.1) is 0 Å². The molecule has 0 aliphatic carbocycles. The number of rotatable bonds is 5. The van der Waals surface area contributed by atoms with Gasteiger partial charge in [0.25, 0.3) is 0 Å². The average Bonchev–Trinajstić information content (AvgIpc) is 2.71. The van der Waals surface area contributed by atoms with Gasteiger partial charge in [0.1, 0.15) is 0 Å². The van der Waals surface area contributed by atoms with Crippen LogP contribution in [0.2, 0.25) is 0 Å². The highest BCUT2D eigenvalue weighted by atomic mass is 79.9. The molecule has 1 aliphatic heterocycles. The topological polar surface area (TPSA) is 37.7 Å². The molecule has 0 bridgehead atoms. The number of halogens is 1. The van der Waals surface area contributed by atoms with Crippen LogP contribution in [-0.2, 0) is 18.0 Å². The van der Waals surface area contributed by atoms with Gasteiger partial charge in [-0.2, -0.15) is 0 Å². The van der Waals surface area contributed by atoms with Crippen LogP contribution in [0.5, 0.6) is 0 Å². The molecule has 0 N–H and O–H groups in total. The standard InChI is InChI=1S/C22H24BrN3O2/c1-24(15-17-5-7-18(8-6-17)25-11-13-28-14-12-25)16-26-10-9-21(27)19-3-2-4-20(23)22(19)26/h2-10H,11-16H2,1H3. The summed E-state index contributed by atoms with van der Waals surface area (Å²) in [6.07, 6.45) is 1.87. The Morgan fingerprint density at radius 3 is 2.57 bits per heavy atom. The average molecular weight is 442 g/mol. The number of para-hydroxylation sites is 1. The molecule has 0 unspecified atom stereocenters. The van der Waals surface area contributed by atoms with E-state index in [1.54, 1.807) is 6.07 Å². The smallest absolute Gasteiger partial charge is 0.189 e. The molecular weight excluding hydrogens is 418 g/mol. The van der Waals surface area contributed by atoms with Crippen molar-refractivity contribution in [2.24, 2.45) is 0 Å². The predicted molar refractivity (Wildman–Crippen MR) is 117 cm³/mol. The fourth-order valence-corrected chi connectivity index (χ4v) is 4.30. The van der Waals surface area contributed by atoms with Crippen LogP contribution in [0.3, 0.4) is 0 Å². The van der Waals surface area contributed by atoms with E-state index in [9.17, 15) is 4.79 Å². The zero-order chi connectivity index (χ0) is 19.5. The van der Waals surface area contributed by atoms with Crippen LogP contribution in [0.15, 0.2) is 64.0 Å². The normalized spacial score (nSPS) is 14.8. The van der Waals surface area contributed by atoms with Crippen LogP contribution in [0.4, 0.5) is 5.69 Å². The number of anilines is 1. The lowest BCUT2D eigenvalue weighted by molar-refractivity contribution is 0.122. The summed E-state index contributed by atoms with van der Waals surface area (Å²) >= 11 is 3.59. The van der Waals surface area contributed by atoms with E-state index >= 15 is 0 Å². The minimum Gasteiger partial charge on any atom is -0.378 e. The van der Waals surface area contributed by atoms with E-state index in [1.807, 2.05) is 24.4 Å². The summed E-state index contributed by atoms with van der Waals surface area (Å²) in [5.41, 5.74) is 3.51. The van der Waals surface area contributed by atoms with Gasteiger partial charge in [0, 0.05) is 47.4 Å². The van der Waals surface area contributed by atoms with Gasteiger partial charge in [-0.05, 0) is 52.8 Å². The lowest BCUT2D eigenvalue weighted by atomic mass is 10.2. The molecule has 4 rings (SSSR count). The third-order valence-electron chi connectivity index (χ3n) is 5.10. The Morgan fingerprint density at radius 2 is 1.82 bits per heavy atom. The lowest BCUT2D eigenvalue weighted by Gasteiger charge is -2.29. The van der Waals surface area contributed by atoms with E-state index in [0.717, 1.165) is 48.2 Å². The van der Waals surface area contributed by atoms with Crippen molar-refractivity contribution in [3.05, 3.63) is 75.0 Å². The molecule has 1 saturated heterocycles. The van der Waals surface area contributed by atoms with Gasteiger partial charge in [0.05, 0.1) is 25.4 Å². The first kappa shape index (κ1) is 19.2. The van der Waals surface area contributed by atoms with E-state index in [1.165, 1.54) is 11.3 Å². The van der Waals surface area contributed by atoms with Crippen molar-refractivity contribution in [3.63, 3.8) is 0 Å². The number of aromatic nitrogens is 1. The first-order valence-corrected chi connectivity index (χ1v) is 10.3. The number of hydrogen-bond acceptors (Lipinski definition) is 4. The first-order valence-electron chi connectivity index (χ1n) is 9.50. The van der Waals surface area contributed by atoms with E-state index in [0.29, 0.717) is 6.67 Å². The summed E-state index contributed by atoms with van der Waals surface area (Å²) in [7, 11) is 2.09. The quantitative estimate of drug-likeness (QED) is 0.604. The lowest BCUT2D eigenvalue weighted by Crippen LogP contribution is -2.36. The third-order valence-corrected chi connectivity index (χ3v) is 5.74. The summed E-state index contributed by atoms with van der Waals surface area (Å²) in [6.45, 7) is 5.04. The van der Waals surface area contributed by atoms with Crippen LogP contribution < -0.4 is 10.3 Å². The molecule has 2 heterocycles. The number of ether oxygens (including phenoxy) is 1. The number of nitrogens with zero attached hydrogens (tertiary/aromatic N) is 3. The number of benzene rings is 2. The van der Waals surface area contributed by atoms with Crippen molar-refractivity contribution in [2.75, 3.05) is 38.3 Å². The molecule has 3 aromatic rings. The van der Waals surface area contributed by atoms with Crippen LogP contribution >= 0.6 is 15.9 Å². The van der Waals surface area contributed by atoms with E-state index < -0.39 is 0 Å². The van der Waals surface area contributed by atoms with Gasteiger partial charge in [-0.3, -0.25) is 9.69 Å². The Bertz CT molecular complexity index is 1010. The molecule has 0 saturated carbocycles. The SMILES string of the molecule is CN(Cc1ccc(N2CCOCC2)cc1)Cn1ccc(=O)c2cccc(Br)c21. The minimum atomic E-state index is 0.0499. The zero-order valence-electron chi connectivity index (χ0n) is 16.0. The van der Waals surface area contributed by atoms with E-state index in [4.69, 9.17) is 4.74 Å². The van der Waals surface area contributed by atoms with Gasteiger partial charge in [0.2, 0.25) is 0 Å². The Hall–Kier alpha value is -2.15. The second kappa shape index (κ2) is 8.47. The number of morpholine rings is 1. The fraction of sp³-hybridized carbons (Fsp3) is 0.318. The maximum absolute atomic E-state index is 12.2. The summed E-state index contributed by atoms with van der Waals surface area (Å²) in [5.74, 6) is 0. The fourth-order valence-electron chi connectivity index (χ4n) is 3.70. The maximum Gasteiger partial charge on any atom is 0.189 e. The molecule has 2 aromatic carbocycles. The maximum atomic E-state index is 12.2. The Balaban J connectivity index is 1.47. The van der Waals surface area contributed by atoms with Crippen molar-refractivity contribution in [2.45, 2.75) is 13.2 Å². The summed E-state index contributed by atoms with van der Waals surface area (Å²) < 4.78 is 8.48. The summed E-state index contributed by atoms with van der Waals surface area (Å²) in [4.78, 5) is 16.8. The number of fused-ring (bicyclic) bond motifs is 1. The molecule has 28 heavy (non-hydrogen) atoms. The first-order chi connectivity index (χ1) is 13.6. The highest BCUT2D eigenvalue weighted by Crippen LogP contribution is 2.22. The summed E-state index contributed by atoms with van der Waals surface area (Å²) in [5, 5.41) is 0.736. The third kappa shape index (κ3) is 4.14. The highest BCUT2D eigenvalue weighted by Gasteiger charge is 2.12. The van der Waals surface area contributed by atoms with Crippen molar-refractivity contribution in [1.82, 2.24) is 9.47 Å². The van der Waals surface area contributed by atoms with Gasteiger partial charge in [-0.1, -0.05) is 18.2 Å². The van der Waals surface area contributed by atoms with Crippen molar-refractivity contribution in [3.8, 4) is 0 Å². The molecule has 5 nitrogen and oxygen atoms in total. The largest absolute Gasteiger partial charge is 0.378 e. The van der Waals surface area contributed by atoms with Gasteiger partial charge >= 0.3 is 0 Å². The molecule has 1 fully saturated rings. The van der Waals surface area contributed by atoms with Crippen molar-refractivity contribution in [1.29, 1.82) is 0 Å². The molecule has 0 atom stereocenters. The molecule has 0 spiro atoms. The Kier molecular flexibility index (Phi) is 5.80. The zero-order valence-corrected chi connectivity index (χ0v) is 17.6. The molecular formula is C22H24BrN3O2. The van der Waals surface area contributed by atoms with Crippen LogP contribution in [0.25, 0.3) is 10.9 Å². The minimum absolute atomic E-state index is 0.0499. The number of pyridine rings is 1. The van der Waals surface area contributed by atoms with Crippen molar-refractivity contribution < 1.29 is 4.74 Å². The number of hydrogen-bond donors (Lipinski definition) is 0. The second-order valence-corrected chi connectivity index (χ2v) is 8.06. The van der Waals surface area contributed by atoms with E-state index in [-0.39, 0.29) is 5.43 Å². The Labute approximate surface area is 173 Å². The van der Waals surface area contributed by atoms with E-state index in [2.05, 4.69) is 61.6 Å². The molecule has 6 heteroatoms. The molecule has 1 aliphatic rings. The van der Waals surface area contributed by atoms with Crippen molar-refractivity contribution >= 4 is 32.5 Å². The highest BCUT2D eigenvalue weighted by molar-refractivity contribution is 9.10. The summed E-state index contributed by atoms with van der Waals surface area (Å²) in [6, 6.07) is 16.2. The van der Waals surface area contributed by atoms with Crippen LogP contribution in [0.1, 0.15) is 5.56 Å². The second-order valence-electron chi connectivity index (χ2n) is 7.21. The van der Waals surface area contributed by atoms with Crippen LogP contribution in [0, 0.1) is 0 Å².